The van der Waals surface area contributed by atoms with Crippen LogP contribution in [-0.4, -0.2) is 48.6 Å². The van der Waals surface area contributed by atoms with Crippen LogP contribution in [-0.2, 0) is 4.79 Å². The molecule has 0 radical (unpaired) electrons. The predicted octanol–water partition coefficient (Wildman–Crippen LogP) is 2.73. The molecule has 0 aliphatic carbocycles. The lowest BCUT2D eigenvalue weighted by atomic mass is 10.1. The summed E-state index contributed by atoms with van der Waals surface area (Å²) in [7, 11) is 5.07. The van der Waals surface area contributed by atoms with E-state index in [0.29, 0.717) is 28.9 Å². The fraction of sp³-hybridized carbons (Fsp3) is 0.333. The standard InChI is InChI=1S/C15H17IN2O3S/c1-5-21-12-8-9(6-10(16)13(12)20-4)7-11-14(19)18(3)15(22)17(11)2/h6-8H,5H2,1-4H3/b11-7-. The highest BCUT2D eigenvalue weighted by atomic mass is 127. The Morgan fingerprint density at radius 2 is 2.00 bits per heavy atom. The fourth-order valence-electron chi connectivity index (χ4n) is 2.18. The Morgan fingerprint density at radius 3 is 2.50 bits per heavy atom. The van der Waals surface area contributed by atoms with Gasteiger partial charge in [-0.25, -0.2) is 0 Å². The topological polar surface area (TPSA) is 42.0 Å². The molecule has 0 atom stereocenters. The summed E-state index contributed by atoms with van der Waals surface area (Å²) in [5.74, 6) is 1.24. The second-order valence-electron chi connectivity index (χ2n) is 4.70. The van der Waals surface area contributed by atoms with Gasteiger partial charge in [0, 0.05) is 14.1 Å². The van der Waals surface area contributed by atoms with Gasteiger partial charge in [0.25, 0.3) is 5.91 Å². The van der Waals surface area contributed by atoms with Crippen LogP contribution in [0.5, 0.6) is 11.5 Å². The second-order valence-corrected chi connectivity index (χ2v) is 6.23. The molecule has 7 heteroatoms. The molecule has 0 bridgehead atoms. The number of benzene rings is 1. The maximum atomic E-state index is 12.2. The largest absolute Gasteiger partial charge is 0.492 e. The van der Waals surface area contributed by atoms with Crippen molar-refractivity contribution in [1.29, 1.82) is 0 Å². The third-order valence-electron chi connectivity index (χ3n) is 3.30. The van der Waals surface area contributed by atoms with Crippen molar-refractivity contribution in [3.63, 3.8) is 0 Å². The minimum Gasteiger partial charge on any atom is -0.492 e. The number of rotatable bonds is 4. The van der Waals surface area contributed by atoms with Gasteiger partial charge in [-0.1, -0.05) is 0 Å². The summed E-state index contributed by atoms with van der Waals surface area (Å²) in [6.07, 6.45) is 1.81. The van der Waals surface area contributed by atoms with Crippen LogP contribution in [0.2, 0.25) is 0 Å². The Labute approximate surface area is 149 Å². The van der Waals surface area contributed by atoms with E-state index >= 15 is 0 Å². The van der Waals surface area contributed by atoms with Gasteiger partial charge in [0.05, 0.1) is 17.3 Å². The normalized spacial score (nSPS) is 16.7. The predicted molar refractivity (Wildman–Crippen MR) is 98.0 cm³/mol. The fourth-order valence-corrected chi connectivity index (χ4v) is 3.21. The number of carbonyl (C=O) groups excluding carboxylic acids is 1. The van der Waals surface area contributed by atoms with E-state index in [2.05, 4.69) is 22.6 Å². The first-order valence-corrected chi connectivity index (χ1v) is 8.17. The molecule has 1 saturated heterocycles. The molecule has 0 N–H and O–H groups in total. The van der Waals surface area contributed by atoms with Gasteiger partial charge >= 0.3 is 0 Å². The summed E-state index contributed by atoms with van der Waals surface area (Å²) < 4.78 is 11.9. The zero-order valence-electron chi connectivity index (χ0n) is 12.8. The van der Waals surface area contributed by atoms with Crippen LogP contribution in [0.15, 0.2) is 17.8 Å². The van der Waals surface area contributed by atoms with E-state index in [4.69, 9.17) is 21.7 Å². The van der Waals surface area contributed by atoms with Crippen molar-refractivity contribution in [3.05, 3.63) is 27.0 Å². The summed E-state index contributed by atoms with van der Waals surface area (Å²) in [6.45, 7) is 2.46. The number of amides is 1. The SMILES string of the molecule is CCOc1cc(/C=C2/C(=O)N(C)C(=S)N2C)cc(I)c1OC. The first kappa shape index (κ1) is 17.0. The highest BCUT2D eigenvalue weighted by Gasteiger charge is 2.32. The number of ether oxygens (including phenoxy) is 2. The Bertz CT molecular complexity index is 660. The summed E-state index contributed by atoms with van der Waals surface area (Å²) in [5.41, 5.74) is 1.40. The van der Waals surface area contributed by atoms with Crippen molar-refractivity contribution in [2.24, 2.45) is 0 Å². The van der Waals surface area contributed by atoms with Crippen LogP contribution >= 0.6 is 34.8 Å². The lowest BCUT2D eigenvalue weighted by molar-refractivity contribution is -0.121. The molecule has 1 aliphatic heterocycles. The number of halogens is 1. The lowest BCUT2D eigenvalue weighted by Gasteiger charge is -2.13. The average Bonchev–Trinajstić information content (AvgIpc) is 2.65. The minimum absolute atomic E-state index is 0.115. The molecule has 22 heavy (non-hydrogen) atoms. The van der Waals surface area contributed by atoms with Crippen molar-refractivity contribution in [2.75, 3.05) is 27.8 Å². The summed E-state index contributed by atoms with van der Waals surface area (Å²) in [5, 5.41) is 0.490. The summed E-state index contributed by atoms with van der Waals surface area (Å²) >= 11 is 7.40. The van der Waals surface area contributed by atoms with Crippen LogP contribution in [0.25, 0.3) is 6.08 Å². The molecule has 5 nitrogen and oxygen atoms in total. The lowest BCUT2D eigenvalue weighted by Crippen LogP contribution is -2.26. The highest BCUT2D eigenvalue weighted by Crippen LogP contribution is 2.35. The smallest absolute Gasteiger partial charge is 0.276 e. The van der Waals surface area contributed by atoms with Crippen LogP contribution in [0.3, 0.4) is 0 Å². The molecular weight excluding hydrogens is 415 g/mol. The Balaban J connectivity index is 2.48. The van der Waals surface area contributed by atoms with E-state index in [1.165, 1.54) is 4.90 Å². The molecule has 0 spiro atoms. The molecule has 1 aliphatic rings. The number of likely N-dealkylation sites (N-methyl/N-ethyl adjacent to an activating group) is 2. The molecule has 1 aromatic rings. The van der Waals surface area contributed by atoms with Gasteiger partial charge in [-0.15, -0.1) is 0 Å². The van der Waals surface area contributed by atoms with E-state index < -0.39 is 0 Å². The van der Waals surface area contributed by atoms with Gasteiger partial charge in [-0.05, 0) is 65.5 Å². The number of hydrogen-bond acceptors (Lipinski definition) is 4. The Hall–Kier alpha value is -1.35. The first-order chi connectivity index (χ1) is 10.4. The number of methoxy groups -OCH3 is 1. The average molecular weight is 432 g/mol. The third-order valence-corrected chi connectivity index (χ3v) is 4.65. The number of thiocarbonyl (C=S) groups is 1. The van der Waals surface area contributed by atoms with Gasteiger partial charge in [0.15, 0.2) is 16.6 Å². The zero-order chi connectivity index (χ0) is 16.4. The number of carbonyl (C=O) groups is 1. The molecule has 1 fully saturated rings. The molecule has 2 rings (SSSR count). The van der Waals surface area contributed by atoms with Crippen LogP contribution in [0, 0.1) is 3.57 Å². The monoisotopic (exact) mass is 432 g/mol. The molecule has 1 heterocycles. The molecule has 1 aromatic carbocycles. The number of nitrogens with zero attached hydrogens (tertiary/aromatic N) is 2. The van der Waals surface area contributed by atoms with Gasteiger partial charge < -0.3 is 14.4 Å². The van der Waals surface area contributed by atoms with Crippen molar-refractivity contribution in [2.45, 2.75) is 6.92 Å². The van der Waals surface area contributed by atoms with Crippen molar-refractivity contribution in [1.82, 2.24) is 9.80 Å². The molecule has 0 aromatic heterocycles. The third kappa shape index (κ3) is 3.05. The van der Waals surface area contributed by atoms with E-state index in [-0.39, 0.29) is 5.91 Å². The summed E-state index contributed by atoms with van der Waals surface area (Å²) in [6, 6.07) is 3.80. The van der Waals surface area contributed by atoms with E-state index in [1.807, 2.05) is 25.1 Å². The van der Waals surface area contributed by atoms with Gasteiger partial charge in [-0.3, -0.25) is 9.69 Å². The van der Waals surface area contributed by atoms with Crippen LogP contribution < -0.4 is 9.47 Å². The number of hydrogen-bond donors (Lipinski definition) is 0. The maximum Gasteiger partial charge on any atom is 0.276 e. The van der Waals surface area contributed by atoms with Crippen molar-refractivity contribution in [3.8, 4) is 11.5 Å². The van der Waals surface area contributed by atoms with Gasteiger partial charge in [0.2, 0.25) is 0 Å². The molecule has 0 unspecified atom stereocenters. The van der Waals surface area contributed by atoms with E-state index in [9.17, 15) is 4.79 Å². The first-order valence-electron chi connectivity index (χ1n) is 6.68. The highest BCUT2D eigenvalue weighted by molar-refractivity contribution is 14.1. The maximum absolute atomic E-state index is 12.2. The molecular formula is C15H17IN2O3S. The quantitative estimate of drug-likeness (QED) is 0.416. The van der Waals surface area contributed by atoms with E-state index in [0.717, 1.165) is 9.13 Å². The van der Waals surface area contributed by atoms with Gasteiger partial charge in [-0.2, -0.15) is 0 Å². The molecule has 1 amide bonds. The second kappa shape index (κ2) is 6.82. The Morgan fingerprint density at radius 1 is 1.32 bits per heavy atom. The summed E-state index contributed by atoms with van der Waals surface area (Å²) in [4.78, 5) is 15.4. The van der Waals surface area contributed by atoms with Crippen LogP contribution in [0.4, 0.5) is 0 Å². The van der Waals surface area contributed by atoms with Crippen molar-refractivity contribution >= 4 is 51.9 Å². The molecule has 118 valence electrons. The zero-order valence-corrected chi connectivity index (χ0v) is 15.8. The van der Waals surface area contributed by atoms with Crippen LogP contribution in [0.1, 0.15) is 12.5 Å². The van der Waals surface area contributed by atoms with Crippen molar-refractivity contribution < 1.29 is 14.3 Å². The van der Waals surface area contributed by atoms with Gasteiger partial charge in [0.1, 0.15) is 5.70 Å². The Kier molecular flexibility index (Phi) is 5.28. The minimum atomic E-state index is -0.115. The molecule has 0 saturated carbocycles. The van der Waals surface area contributed by atoms with E-state index in [1.54, 1.807) is 26.1 Å².